The van der Waals surface area contributed by atoms with Crippen LogP contribution in [0.3, 0.4) is 0 Å². The quantitative estimate of drug-likeness (QED) is 0.269. The molecule has 0 bridgehead atoms. The number of rotatable bonds is 2. The highest BCUT2D eigenvalue weighted by atomic mass is 16.3. The number of hydrogen-bond donors (Lipinski definition) is 0. The molecule has 0 amide bonds. The monoisotopic (exact) mass is 438 g/mol. The highest BCUT2D eigenvalue weighted by molar-refractivity contribution is 6.12. The first kappa shape index (κ1) is 19.2. The Kier molecular flexibility index (Phi) is 4.01. The topological polar surface area (TPSA) is 26.3 Å². The molecule has 5 aromatic carbocycles. The van der Waals surface area contributed by atoms with E-state index < -0.39 is 0 Å². The minimum atomic E-state index is 0.932. The van der Waals surface area contributed by atoms with Crippen molar-refractivity contribution in [1.82, 2.24) is 0 Å². The molecule has 0 radical (unpaired) electrons. The molecule has 2 heterocycles. The van der Waals surface area contributed by atoms with Crippen molar-refractivity contribution in [2.45, 2.75) is 13.8 Å². The van der Waals surface area contributed by atoms with Gasteiger partial charge in [0.05, 0.1) is 0 Å². The van der Waals surface area contributed by atoms with E-state index in [2.05, 4.69) is 111 Å². The van der Waals surface area contributed by atoms with Gasteiger partial charge in [0.15, 0.2) is 0 Å². The van der Waals surface area contributed by atoms with E-state index in [0.29, 0.717) is 0 Å². The molecule has 0 fully saturated rings. The van der Waals surface area contributed by atoms with Gasteiger partial charge in [-0.25, -0.2) is 0 Å². The number of para-hydroxylation sites is 4. The molecule has 0 aliphatic rings. The van der Waals surface area contributed by atoms with Gasteiger partial charge in [-0.3, -0.25) is 0 Å². The molecule has 0 spiro atoms. The molecule has 0 unspecified atom stereocenters. The third-order valence-corrected chi connectivity index (χ3v) is 6.93. The van der Waals surface area contributed by atoms with E-state index in [4.69, 9.17) is 8.83 Å². The first-order valence-corrected chi connectivity index (χ1v) is 11.6. The summed E-state index contributed by atoms with van der Waals surface area (Å²) < 4.78 is 12.8. The zero-order valence-corrected chi connectivity index (χ0v) is 19.1. The minimum Gasteiger partial charge on any atom is -0.455 e. The lowest BCUT2D eigenvalue weighted by Crippen LogP contribution is -1.83. The Bertz CT molecular complexity index is 1750. The van der Waals surface area contributed by atoms with Crippen molar-refractivity contribution in [3.63, 3.8) is 0 Å². The maximum absolute atomic E-state index is 6.42. The summed E-state index contributed by atoms with van der Waals surface area (Å²) in [5.41, 5.74) is 10.5. The van der Waals surface area contributed by atoms with E-state index in [0.717, 1.165) is 77.3 Å². The van der Waals surface area contributed by atoms with Crippen molar-refractivity contribution in [2.24, 2.45) is 0 Å². The van der Waals surface area contributed by atoms with Crippen LogP contribution in [0.2, 0.25) is 0 Å². The molecule has 0 saturated carbocycles. The van der Waals surface area contributed by atoms with Crippen molar-refractivity contribution in [1.29, 1.82) is 0 Å². The predicted octanol–water partition coefficient (Wildman–Crippen LogP) is 9.44. The summed E-state index contributed by atoms with van der Waals surface area (Å²) >= 11 is 0. The summed E-state index contributed by atoms with van der Waals surface area (Å²) in [5, 5.41) is 4.62. The average molecular weight is 439 g/mol. The van der Waals surface area contributed by atoms with E-state index in [9.17, 15) is 0 Å². The van der Waals surface area contributed by atoms with Gasteiger partial charge >= 0.3 is 0 Å². The molecule has 2 aromatic heterocycles. The lowest BCUT2D eigenvalue weighted by atomic mass is 9.96. The number of fused-ring (bicyclic) bond motifs is 6. The minimum absolute atomic E-state index is 0.932. The number of benzene rings is 5. The van der Waals surface area contributed by atoms with Crippen molar-refractivity contribution in [3.05, 3.63) is 108 Å². The Hall–Kier alpha value is -4.30. The Balaban J connectivity index is 1.46. The lowest BCUT2D eigenvalue weighted by molar-refractivity contribution is 0.666. The van der Waals surface area contributed by atoms with E-state index in [-0.39, 0.29) is 0 Å². The molecule has 0 aliphatic heterocycles. The summed E-state index contributed by atoms with van der Waals surface area (Å²) in [7, 11) is 0. The maximum atomic E-state index is 6.42. The molecule has 7 rings (SSSR count). The molecule has 7 aromatic rings. The van der Waals surface area contributed by atoms with Crippen LogP contribution in [0.15, 0.2) is 106 Å². The summed E-state index contributed by atoms with van der Waals surface area (Å²) in [5.74, 6) is 0. The molecule has 0 aliphatic carbocycles. The fourth-order valence-electron chi connectivity index (χ4n) is 5.23. The van der Waals surface area contributed by atoms with Gasteiger partial charge in [0.25, 0.3) is 0 Å². The first-order valence-electron chi connectivity index (χ1n) is 11.6. The van der Waals surface area contributed by atoms with Crippen molar-refractivity contribution < 1.29 is 8.83 Å². The van der Waals surface area contributed by atoms with Crippen LogP contribution in [0.1, 0.15) is 11.1 Å². The third-order valence-electron chi connectivity index (χ3n) is 6.93. The van der Waals surface area contributed by atoms with Gasteiger partial charge in [0.1, 0.15) is 22.3 Å². The van der Waals surface area contributed by atoms with Crippen molar-refractivity contribution in [2.75, 3.05) is 0 Å². The number of hydrogen-bond acceptors (Lipinski definition) is 2. The van der Waals surface area contributed by atoms with Crippen LogP contribution in [0.5, 0.6) is 0 Å². The van der Waals surface area contributed by atoms with Crippen LogP contribution in [0, 0.1) is 13.8 Å². The largest absolute Gasteiger partial charge is 0.455 e. The smallest absolute Gasteiger partial charge is 0.143 e. The second-order valence-electron chi connectivity index (χ2n) is 9.05. The van der Waals surface area contributed by atoms with Crippen LogP contribution >= 0.6 is 0 Å². The van der Waals surface area contributed by atoms with Crippen LogP contribution in [-0.4, -0.2) is 0 Å². The van der Waals surface area contributed by atoms with Gasteiger partial charge in [0.2, 0.25) is 0 Å². The molecule has 0 N–H and O–H groups in total. The van der Waals surface area contributed by atoms with E-state index in [1.807, 2.05) is 0 Å². The summed E-state index contributed by atoms with van der Waals surface area (Å²) in [4.78, 5) is 0. The third kappa shape index (κ3) is 2.69. The van der Waals surface area contributed by atoms with E-state index >= 15 is 0 Å². The van der Waals surface area contributed by atoms with Gasteiger partial charge in [-0.05, 0) is 42.2 Å². The molecule has 34 heavy (non-hydrogen) atoms. The van der Waals surface area contributed by atoms with Crippen LogP contribution < -0.4 is 0 Å². The molecule has 2 heteroatoms. The number of aryl methyl sites for hydroxylation is 2. The van der Waals surface area contributed by atoms with Gasteiger partial charge in [-0.15, -0.1) is 0 Å². The van der Waals surface area contributed by atoms with Crippen molar-refractivity contribution in [3.8, 4) is 22.3 Å². The summed E-state index contributed by atoms with van der Waals surface area (Å²) in [6.07, 6.45) is 0. The van der Waals surface area contributed by atoms with Crippen molar-refractivity contribution >= 4 is 43.9 Å². The zero-order chi connectivity index (χ0) is 22.8. The second kappa shape index (κ2) is 7.10. The first-order chi connectivity index (χ1) is 16.7. The lowest BCUT2D eigenvalue weighted by Gasteiger charge is -2.07. The maximum Gasteiger partial charge on any atom is 0.143 e. The molecular formula is C32H22O2. The molecule has 162 valence electrons. The van der Waals surface area contributed by atoms with Crippen LogP contribution in [-0.2, 0) is 0 Å². The Morgan fingerprint density at radius 2 is 0.794 bits per heavy atom. The second-order valence-corrected chi connectivity index (χ2v) is 9.05. The van der Waals surface area contributed by atoms with Gasteiger partial charge in [0, 0.05) is 32.7 Å². The van der Waals surface area contributed by atoms with Gasteiger partial charge in [-0.2, -0.15) is 0 Å². The fraction of sp³-hybridized carbons (Fsp3) is 0.0625. The molecule has 2 nitrogen and oxygen atoms in total. The Morgan fingerprint density at radius 3 is 1.26 bits per heavy atom. The Morgan fingerprint density at radius 1 is 0.412 bits per heavy atom. The molecule has 0 saturated heterocycles. The number of furan rings is 2. The highest BCUT2D eigenvalue weighted by Gasteiger charge is 2.16. The average Bonchev–Trinajstić information content (AvgIpc) is 3.45. The fourth-order valence-corrected chi connectivity index (χ4v) is 5.23. The Labute approximate surface area is 197 Å². The van der Waals surface area contributed by atoms with E-state index in [1.165, 1.54) is 0 Å². The summed E-state index contributed by atoms with van der Waals surface area (Å²) in [6.45, 7) is 4.20. The highest BCUT2D eigenvalue weighted by Crippen LogP contribution is 2.40. The molecular weight excluding hydrogens is 416 g/mol. The van der Waals surface area contributed by atoms with Crippen LogP contribution in [0.4, 0.5) is 0 Å². The normalized spacial score (nSPS) is 11.8. The van der Waals surface area contributed by atoms with Gasteiger partial charge < -0.3 is 8.83 Å². The SMILES string of the molecule is Cc1cccc2c1oc1c(-c3cccc(-c4cccc5c4oc4c(C)cccc45)c3)cccc12. The zero-order valence-electron chi connectivity index (χ0n) is 19.1. The summed E-state index contributed by atoms with van der Waals surface area (Å²) in [6, 6.07) is 34.1. The standard InChI is InChI=1S/C32H22O2/c1-19-8-3-14-25-27-16-6-12-23(31(27)33-29(19)25)21-10-5-11-22(18-21)24-13-7-17-28-26-15-4-9-20(2)30(26)34-32(24)28/h3-18H,1-2H3. The van der Waals surface area contributed by atoms with Gasteiger partial charge in [-0.1, -0.05) is 91.0 Å². The van der Waals surface area contributed by atoms with E-state index in [1.54, 1.807) is 0 Å². The predicted molar refractivity (Wildman–Crippen MR) is 141 cm³/mol. The van der Waals surface area contributed by atoms with Crippen LogP contribution in [0.25, 0.3) is 66.1 Å². The molecule has 0 atom stereocenters.